The van der Waals surface area contributed by atoms with E-state index < -0.39 is 0 Å². The van der Waals surface area contributed by atoms with E-state index in [0.717, 1.165) is 32.0 Å². The number of ether oxygens (including phenoxy) is 2. The van der Waals surface area contributed by atoms with Crippen molar-refractivity contribution in [2.45, 2.75) is 26.1 Å². The maximum Gasteiger partial charge on any atom is 0.236 e. The highest BCUT2D eigenvalue weighted by Gasteiger charge is 2.28. The number of methoxy groups -OCH3 is 1. The Labute approximate surface area is 148 Å². The van der Waals surface area contributed by atoms with Crippen LogP contribution in [-0.2, 0) is 9.53 Å². The summed E-state index contributed by atoms with van der Waals surface area (Å²) < 4.78 is 10.9. The van der Waals surface area contributed by atoms with Gasteiger partial charge in [0.25, 0.3) is 0 Å². The average Bonchev–Trinajstić information content (AvgIpc) is 2.61. The van der Waals surface area contributed by atoms with Gasteiger partial charge in [-0.2, -0.15) is 0 Å². The van der Waals surface area contributed by atoms with Crippen LogP contribution in [0.15, 0.2) is 12.4 Å². The predicted molar refractivity (Wildman–Crippen MR) is 93.8 cm³/mol. The Morgan fingerprint density at radius 3 is 2.52 bits per heavy atom. The van der Waals surface area contributed by atoms with Gasteiger partial charge in [-0.3, -0.25) is 9.69 Å². The predicted octanol–water partition coefficient (Wildman–Crippen LogP) is 0.243. The Kier molecular flexibility index (Phi) is 5.70. The van der Waals surface area contributed by atoms with Gasteiger partial charge >= 0.3 is 0 Å². The first-order chi connectivity index (χ1) is 12.0. The van der Waals surface area contributed by atoms with Gasteiger partial charge in [-0.1, -0.05) is 0 Å². The van der Waals surface area contributed by atoms with Gasteiger partial charge in [0.05, 0.1) is 25.9 Å². The number of aromatic nitrogens is 2. The Bertz CT molecular complexity index is 581. The van der Waals surface area contributed by atoms with E-state index in [1.165, 1.54) is 6.33 Å². The molecule has 0 radical (unpaired) electrons. The zero-order valence-electron chi connectivity index (χ0n) is 15.2. The number of carbonyl (C=O) groups is 1. The summed E-state index contributed by atoms with van der Waals surface area (Å²) in [6, 6.07) is 1.84. The fourth-order valence-electron chi connectivity index (χ4n) is 3.42. The molecule has 8 heteroatoms. The van der Waals surface area contributed by atoms with Crippen LogP contribution in [0.2, 0.25) is 0 Å². The van der Waals surface area contributed by atoms with E-state index in [4.69, 9.17) is 9.47 Å². The summed E-state index contributed by atoms with van der Waals surface area (Å²) >= 11 is 0. The van der Waals surface area contributed by atoms with E-state index in [0.29, 0.717) is 25.5 Å². The van der Waals surface area contributed by atoms with Crippen molar-refractivity contribution in [1.82, 2.24) is 19.8 Å². The summed E-state index contributed by atoms with van der Waals surface area (Å²) in [4.78, 5) is 27.3. The van der Waals surface area contributed by atoms with Crippen molar-refractivity contribution in [3.63, 3.8) is 0 Å². The zero-order chi connectivity index (χ0) is 17.8. The molecule has 1 aromatic rings. The van der Waals surface area contributed by atoms with Gasteiger partial charge < -0.3 is 19.3 Å². The average molecular weight is 349 g/mol. The molecule has 0 aliphatic carbocycles. The third kappa shape index (κ3) is 4.58. The molecule has 138 valence electrons. The van der Waals surface area contributed by atoms with Crippen LogP contribution in [0.4, 0.5) is 5.82 Å². The van der Waals surface area contributed by atoms with E-state index in [1.54, 1.807) is 7.11 Å². The Balaban J connectivity index is 1.49. The largest absolute Gasteiger partial charge is 0.481 e. The Morgan fingerprint density at radius 2 is 1.88 bits per heavy atom. The maximum absolute atomic E-state index is 12.6. The standard InChI is InChI=1S/C17H27N5O3/c1-13-9-22(10-14(2)25-13)17(23)11-20-4-6-21(7-5-20)15-8-16(24-3)19-12-18-15/h8,12-14H,4-7,9-11H2,1-3H3. The molecule has 2 aliphatic rings. The molecule has 1 aromatic heterocycles. The number of carbonyl (C=O) groups excluding carboxylic acids is 1. The number of hydrogen-bond acceptors (Lipinski definition) is 7. The van der Waals surface area contributed by atoms with Crippen molar-refractivity contribution in [2.24, 2.45) is 0 Å². The van der Waals surface area contributed by atoms with Crippen molar-refractivity contribution in [2.75, 3.05) is 57.8 Å². The number of piperazine rings is 1. The minimum Gasteiger partial charge on any atom is -0.481 e. The van der Waals surface area contributed by atoms with Crippen molar-refractivity contribution >= 4 is 11.7 Å². The van der Waals surface area contributed by atoms with E-state index in [1.807, 2.05) is 24.8 Å². The molecular formula is C17H27N5O3. The normalized spacial score (nSPS) is 25.1. The van der Waals surface area contributed by atoms with Gasteiger partial charge in [0.1, 0.15) is 12.1 Å². The fourth-order valence-corrected chi connectivity index (χ4v) is 3.42. The van der Waals surface area contributed by atoms with Crippen LogP contribution in [-0.4, -0.2) is 90.8 Å². The third-order valence-corrected chi connectivity index (χ3v) is 4.66. The monoisotopic (exact) mass is 349 g/mol. The minimum atomic E-state index is 0.109. The molecule has 2 fully saturated rings. The molecule has 2 saturated heterocycles. The first kappa shape index (κ1) is 17.9. The highest BCUT2D eigenvalue weighted by atomic mass is 16.5. The lowest BCUT2D eigenvalue weighted by atomic mass is 10.2. The highest BCUT2D eigenvalue weighted by Crippen LogP contribution is 2.17. The van der Waals surface area contributed by atoms with Crippen LogP contribution in [0.5, 0.6) is 5.88 Å². The molecule has 0 saturated carbocycles. The van der Waals surface area contributed by atoms with Gasteiger partial charge in [0.15, 0.2) is 0 Å². The number of rotatable bonds is 4. The van der Waals surface area contributed by atoms with Crippen LogP contribution < -0.4 is 9.64 Å². The van der Waals surface area contributed by atoms with E-state index in [2.05, 4.69) is 19.8 Å². The maximum atomic E-state index is 12.6. The number of nitrogens with zero attached hydrogens (tertiary/aromatic N) is 5. The molecule has 3 rings (SSSR count). The Morgan fingerprint density at radius 1 is 1.20 bits per heavy atom. The second-order valence-corrected chi connectivity index (χ2v) is 6.74. The van der Waals surface area contributed by atoms with Crippen LogP contribution in [0.25, 0.3) is 0 Å². The lowest BCUT2D eigenvalue weighted by molar-refractivity contribution is -0.144. The zero-order valence-corrected chi connectivity index (χ0v) is 15.2. The summed E-state index contributed by atoms with van der Waals surface area (Å²) in [6.07, 6.45) is 1.74. The van der Waals surface area contributed by atoms with Gasteiger partial charge in [0, 0.05) is 45.3 Å². The third-order valence-electron chi connectivity index (χ3n) is 4.66. The van der Waals surface area contributed by atoms with Crippen molar-refractivity contribution in [3.05, 3.63) is 12.4 Å². The Hall–Kier alpha value is -1.93. The van der Waals surface area contributed by atoms with Crippen LogP contribution in [0, 0.1) is 0 Å². The van der Waals surface area contributed by atoms with Crippen LogP contribution >= 0.6 is 0 Å². The molecule has 25 heavy (non-hydrogen) atoms. The van der Waals surface area contributed by atoms with Crippen molar-refractivity contribution in [1.29, 1.82) is 0 Å². The molecule has 0 N–H and O–H groups in total. The van der Waals surface area contributed by atoms with Gasteiger partial charge in [-0.05, 0) is 13.8 Å². The number of anilines is 1. The van der Waals surface area contributed by atoms with Crippen molar-refractivity contribution in [3.8, 4) is 5.88 Å². The van der Waals surface area contributed by atoms with Gasteiger partial charge in [-0.15, -0.1) is 0 Å². The van der Waals surface area contributed by atoms with Gasteiger partial charge in [0.2, 0.25) is 11.8 Å². The smallest absolute Gasteiger partial charge is 0.236 e. The first-order valence-corrected chi connectivity index (χ1v) is 8.81. The summed E-state index contributed by atoms with van der Waals surface area (Å²) in [5, 5.41) is 0. The summed E-state index contributed by atoms with van der Waals surface area (Å²) in [5.74, 6) is 1.63. The fraction of sp³-hybridized carbons (Fsp3) is 0.706. The quantitative estimate of drug-likeness (QED) is 0.771. The lowest BCUT2D eigenvalue weighted by Crippen LogP contribution is -2.54. The molecule has 2 unspecified atom stereocenters. The molecule has 0 spiro atoms. The second-order valence-electron chi connectivity index (χ2n) is 6.74. The van der Waals surface area contributed by atoms with E-state index in [9.17, 15) is 4.79 Å². The number of hydrogen-bond donors (Lipinski definition) is 0. The summed E-state index contributed by atoms with van der Waals surface area (Å²) in [5.41, 5.74) is 0. The summed E-state index contributed by atoms with van der Waals surface area (Å²) in [7, 11) is 1.60. The van der Waals surface area contributed by atoms with Crippen LogP contribution in [0.1, 0.15) is 13.8 Å². The first-order valence-electron chi connectivity index (χ1n) is 8.81. The number of morpholine rings is 1. The molecule has 1 amide bonds. The SMILES string of the molecule is COc1cc(N2CCN(CC(=O)N3CC(C)OC(C)C3)CC2)ncn1. The summed E-state index contributed by atoms with van der Waals surface area (Å²) in [6.45, 7) is 9.23. The lowest BCUT2D eigenvalue weighted by Gasteiger charge is -2.38. The molecule has 2 aliphatic heterocycles. The van der Waals surface area contributed by atoms with E-state index >= 15 is 0 Å². The van der Waals surface area contributed by atoms with E-state index in [-0.39, 0.29) is 18.1 Å². The highest BCUT2D eigenvalue weighted by molar-refractivity contribution is 5.78. The van der Waals surface area contributed by atoms with Crippen LogP contribution in [0.3, 0.4) is 0 Å². The topological polar surface area (TPSA) is 71.0 Å². The molecule has 3 heterocycles. The molecule has 0 bridgehead atoms. The number of amides is 1. The van der Waals surface area contributed by atoms with Crippen molar-refractivity contribution < 1.29 is 14.3 Å². The minimum absolute atomic E-state index is 0.109. The molecule has 0 aromatic carbocycles. The molecular weight excluding hydrogens is 322 g/mol. The molecule has 8 nitrogen and oxygen atoms in total. The molecule has 2 atom stereocenters. The second kappa shape index (κ2) is 7.97. The van der Waals surface area contributed by atoms with Gasteiger partial charge in [-0.25, -0.2) is 9.97 Å².